The summed E-state index contributed by atoms with van der Waals surface area (Å²) in [6, 6.07) is 10.4. The molecule has 1 aromatic carbocycles. The number of halogens is 5. The van der Waals surface area contributed by atoms with Crippen molar-refractivity contribution in [3.8, 4) is 0 Å². The molecule has 12 heteroatoms. The molecule has 0 aliphatic carbocycles. The fraction of sp³-hybridized carbons (Fsp3) is 0.381. The number of carbonyl (C=O) groups excluding carboxylic acids is 1. The third kappa shape index (κ3) is 4.29. The molecule has 4 rings (SSSR count). The quantitative estimate of drug-likeness (QED) is 0.534. The Kier molecular flexibility index (Phi) is 5.62. The molecular weight excluding hydrogens is 447 g/mol. The SMILES string of the molecule is C[C@](CNc1cc(C(F)F)nc2cc(C(F)(F)F)nn12)(c1ccccc1)C1CN(C(N)=O)C1. The number of nitrogens with zero attached hydrogens (tertiary/aromatic N) is 4. The van der Waals surface area contributed by atoms with Crippen molar-refractivity contribution in [2.24, 2.45) is 11.7 Å². The third-order valence-corrected chi connectivity index (χ3v) is 6.13. The van der Waals surface area contributed by atoms with E-state index in [-0.39, 0.29) is 23.9 Å². The van der Waals surface area contributed by atoms with Crippen LogP contribution < -0.4 is 11.1 Å². The van der Waals surface area contributed by atoms with Crippen molar-refractivity contribution in [2.45, 2.75) is 24.9 Å². The van der Waals surface area contributed by atoms with Crippen molar-refractivity contribution < 1.29 is 26.7 Å². The van der Waals surface area contributed by atoms with Crippen molar-refractivity contribution in [3.63, 3.8) is 0 Å². The second-order valence-electron chi connectivity index (χ2n) is 8.24. The molecule has 33 heavy (non-hydrogen) atoms. The van der Waals surface area contributed by atoms with Gasteiger partial charge in [0.05, 0.1) is 0 Å². The highest BCUT2D eigenvalue weighted by molar-refractivity contribution is 5.73. The molecule has 1 saturated heterocycles. The molecule has 2 amide bonds. The highest BCUT2D eigenvalue weighted by Crippen LogP contribution is 2.38. The number of hydrogen-bond donors (Lipinski definition) is 2. The lowest BCUT2D eigenvalue weighted by Crippen LogP contribution is -2.60. The van der Waals surface area contributed by atoms with E-state index >= 15 is 0 Å². The van der Waals surface area contributed by atoms with Crippen LogP contribution in [0, 0.1) is 5.92 Å². The van der Waals surface area contributed by atoms with Crippen molar-refractivity contribution in [1.29, 1.82) is 0 Å². The Hall–Kier alpha value is -3.44. The summed E-state index contributed by atoms with van der Waals surface area (Å²) in [4.78, 5) is 16.5. The average Bonchev–Trinajstić information content (AvgIpc) is 3.16. The zero-order chi connectivity index (χ0) is 24.0. The predicted molar refractivity (Wildman–Crippen MR) is 110 cm³/mol. The van der Waals surface area contributed by atoms with Gasteiger partial charge in [-0.05, 0) is 5.56 Å². The van der Waals surface area contributed by atoms with Crippen LogP contribution in [-0.4, -0.2) is 45.2 Å². The number of urea groups is 1. The summed E-state index contributed by atoms with van der Waals surface area (Å²) in [5, 5.41) is 6.53. The van der Waals surface area contributed by atoms with Gasteiger partial charge in [0.15, 0.2) is 11.3 Å². The summed E-state index contributed by atoms with van der Waals surface area (Å²) >= 11 is 0. The van der Waals surface area contributed by atoms with E-state index in [4.69, 9.17) is 5.73 Å². The maximum atomic E-state index is 13.4. The summed E-state index contributed by atoms with van der Waals surface area (Å²) in [6.45, 7) is 2.92. The van der Waals surface area contributed by atoms with Crippen LogP contribution in [0.3, 0.4) is 0 Å². The maximum Gasteiger partial charge on any atom is 0.435 e. The molecule has 1 atom stereocenters. The summed E-state index contributed by atoms with van der Waals surface area (Å²) in [7, 11) is 0. The number of anilines is 1. The zero-order valence-corrected chi connectivity index (χ0v) is 17.5. The van der Waals surface area contributed by atoms with Gasteiger partial charge < -0.3 is 16.0 Å². The molecule has 176 valence electrons. The van der Waals surface area contributed by atoms with Gasteiger partial charge in [-0.15, -0.1) is 0 Å². The number of fused-ring (bicyclic) bond motifs is 1. The van der Waals surface area contributed by atoms with E-state index in [1.54, 1.807) is 0 Å². The number of nitrogens with two attached hydrogens (primary N) is 1. The molecule has 0 unspecified atom stereocenters. The van der Waals surface area contributed by atoms with Gasteiger partial charge in [-0.25, -0.2) is 18.6 Å². The summed E-state index contributed by atoms with van der Waals surface area (Å²) < 4.78 is 67.1. The fourth-order valence-corrected chi connectivity index (χ4v) is 4.01. The Morgan fingerprint density at radius 1 is 1.21 bits per heavy atom. The Morgan fingerprint density at radius 2 is 1.88 bits per heavy atom. The van der Waals surface area contributed by atoms with Crippen molar-refractivity contribution >= 4 is 17.5 Å². The smallest absolute Gasteiger partial charge is 0.369 e. The van der Waals surface area contributed by atoms with Crippen LogP contribution in [0.4, 0.5) is 32.6 Å². The monoisotopic (exact) mass is 468 g/mol. The Balaban J connectivity index is 1.69. The maximum absolute atomic E-state index is 13.4. The highest BCUT2D eigenvalue weighted by atomic mass is 19.4. The van der Waals surface area contributed by atoms with Gasteiger partial charge in [-0.2, -0.15) is 22.8 Å². The minimum Gasteiger partial charge on any atom is -0.369 e. The van der Waals surface area contributed by atoms with E-state index < -0.39 is 35.4 Å². The molecule has 3 heterocycles. The summed E-state index contributed by atoms with van der Waals surface area (Å²) in [6.07, 6.45) is -7.73. The van der Waals surface area contributed by atoms with Gasteiger partial charge in [0.25, 0.3) is 6.43 Å². The van der Waals surface area contributed by atoms with Crippen molar-refractivity contribution in [2.75, 3.05) is 25.0 Å². The zero-order valence-electron chi connectivity index (χ0n) is 17.5. The molecule has 1 aliphatic rings. The van der Waals surface area contributed by atoms with E-state index in [1.807, 2.05) is 37.3 Å². The van der Waals surface area contributed by atoms with Crippen LogP contribution in [0.15, 0.2) is 42.5 Å². The molecule has 0 saturated carbocycles. The standard InChI is InChI=1S/C21H21F5N6O/c1-20(12-5-3-2-4-6-12,13-9-31(10-13)19(27)33)11-28-16-7-14(18(22)23)29-17-8-15(21(24,25)26)30-32(16)17/h2-8,13,18,28H,9-11H2,1H3,(H2,27,33)/t20-/m0/s1. The topological polar surface area (TPSA) is 88.6 Å². The summed E-state index contributed by atoms with van der Waals surface area (Å²) in [5.41, 5.74) is 3.44. The molecule has 1 fully saturated rings. The van der Waals surface area contributed by atoms with Crippen molar-refractivity contribution in [3.05, 3.63) is 59.4 Å². The Morgan fingerprint density at radius 3 is 2.45 bits per heavy atom. The van der Waals surface area contributed by atoms with Crippen LogP contribution in [-0.2, 0) is 11.6 Å². The van der Waals surface area contributed by atoms with Crippen LogP contribution in [0.1, 0.15) is 30.3 Å². The molecular formula is C21H21F5N6O. The Labute approximate surface area is 185 Å². The first-order chi connectivity index (χ1) is 15.5. The molecule has 0 spiro atoms. The first-order valence-electron chi connectivity index (χ1n) is 10.1. The number of alkyl halides is 5. The number of rotatable bonds is 6. The van der Waals surface area contributed by atoms with Gasteiger partial charge in [0.2, 0.25) is 0 Å². The van der Waals surface area contributed by atoms with E-state index in [0.717, 1.165) is 16.1 Å². The Bertz CT molecular complexity index is 1160. The number of nitrogens with one attached hydrogen (secondary N) is 1. The van der Waals surface area contributed by atoms with Gasteiger partial charge in [-0.1, -0.05) is 37.3 Å². The van der Waals surface area contributed by atoms with Gasteiger partial charge >= 0.3 is 12.2 Å². The second-order valence-corrected chi connectivity index (χ2v) is 8.24. The number of likely N-dealkylation sites (tertiary alicyclic amines) is 1. The minimum absolute atomic E-state index is 0.0184. The molecule has 1 aliphatic heterocycles. The number of carbonyl (C=O) groups is 1. The lowest BCUT2D eigenvalue weighted by molar-refractivity contribution is -0.141. The fourth-order valence-electron chi connectivity index (χ4n) is 4.01. The van der Waals surface area contributed by atoms with Crippen LogP contribution in [0.25, 0.3) is 5.65 Å². The average molecular weight is 468 g/mol. The number of hydrogen-bond acceptors (Lipinski definition) is 4. The molecule has 3 aromatic rings. The summed E-state index contributed by atoms with van der Waals surface area (Å²) in [5.74, 6) is -0.0609. The molecule has 7 nitrogen and oxygen atoms in total. The highest BCUT2D eigenvalue weighted by Gasteiger charge is 2.44. The molecule has 3 N–H and O–H groups in total. The van der Waals surface area contributed by atoms with Crippen LogP contribution >= 0.6 is 0 Å². The van der Waals surface area contributed by atoms with Gasteiger partial charge in [-0.3, -0.25) is 0 Å². The van der Waals surface area contributed by atoms with Crippen LogP contribution in [0.2, 0.25) is 0 Å². The first kappa shape index (κ1) is 22.7. The van der Waals surface area contributed by atoms with E-state index in [1.165, 1.54) is 4.90 Å². The lowest BCUT2D eigenvalue weighted by atomic mass is 9.68. The predicted octanol–water partition coefficient (Wildman–Crippen LogP) is 4.07. The van der Waals surface area contributed by atoms with Gasteiger partial charge in [0.1, 0.15) is 11.5 Å². The van der Waals surface area contributed by atoms with E-state index in [9.17, 15) is 26.7 Å². The minimum atomic E-state index is -4.75. The number of aromatic nitrogens is 3. The largest absolute Gasteiger partial charge is 0.435 e. The number of amides is 2. The number of primary amides is 1. The normalized spacial score (nSPS) is 16.6. The number of benzene rings is 1. The van der Waals surface area contributed by atoms with E-state index in [0.29, 0.717) is 19.2 Å². The first-order valence-corrected chi connectivity index (χ1v) is 10.1. The van der Waals surface area contributed by atoms with Crippen molar-refractivity contribution in [1.82, 2.24) is 19.5 Å². The van der Waals surface area contributed by atoms with E-state index in [2.05, 4.69) is 15.4 Å². The molecule has 0 bridgehead atoms. The second kappa shape index (κ2) is 8.16. The molecule has 0 radical (unpaired) electrons. The van der Waals surface area contributed by atoms with Gasteiger partial charge in [0, 0.05) is 43.1 Å². The van der Waals surface area contributed by atoms with Crippen LogP contribution in [0.5, 0.6) is 0 Å². The lowest BCUT2D eigenvalue weighted by Gasteiger charge is -2.49. The third-order valence-electron chi connectivity index (χ3n) is 6.13. The molecule has 2 aromatic heterocycles.